The Kier molecular flexibility index (Phi) is 3.24. The third kappa shape index (κ3) is 2.01. The van der Waals surface area contributed by atoms with Crippen LogP contribution in [0.25, 0.3) is 0 Å². The fourth-order valence-corrected chi connectivity index (χ4v) is 2.91. The molecule has 1 aliphatic rings. The molecule has 1 saturated carbocycles. The number of alkyl halides is 1. The van der Waals surface area contributed by atoms with Crippen LogP contribution in [-0.4, -0.2) is 10.5 Å². The molecule has 2 unspecified atom stereocenters. The van der Waals surface area contributed by atoms with Gasteiger partial charge in [0.1, 0.15) is 5.60 Å². The van der Waals surface area contributed by atoms with Crippen molar-refractivity contribution in [1.29, 1.82) is 0 Å². The van der Waals surface area contributed by atoms with Gasteiger partial charge in [0.2, 0.25) is 0 Å². The zero-order chi connectivity index (χ0) is 10.9. The van der Waals surface area contributed by atoms with Gasteiger partial charge in [-0.05, 0) is 18.9 Å². The topological polar surface area (TPSA) is 20.2 Å². The molecule has 0 bridgehead atoms. The molecule has 0 aliphatic heterocycles. The maximum atomic E-state index is 10.6. The molecule has 0 spiro atoms. The van der Waals surface area contributed by atoms with Gasteiger partial charge in [-0.25, -0.2) is 0 Å². The molecule has 15 heavy (non-hydrogen) atoms. The van der Waals surface area contributed by atoms with E-state index in [1.165, 1.54) is 0 Å². The van der Waals surface area contributed by atoms with Crippen LogP contribution in [0.3, 0.4) is 0 Å². The summed E-state index contributed by atoms with van der Waals surface area (Å²) in [7, 11) is 0. The maximum Gasteiger partial charge on any atom is 0.107 e. The minimum Gasteiger partial charge on any atom is -0.384 e. The fraction of sp³-hybridized carbons (Fsp3) is 0.500. The van der Waals surface area contributed by atoms with Crippen LogP contribution in [0.2, 0.25) is 5.02 Å². The molecule has 1 nitrogen and oxygen atoms in total. The van der Waals surface area contributed by atoms with Crippen LogP contribution in [0.4, 0.5) is 0 Å². The maximum absolute atomic E-state index is 10.6. The lowest BCUT2D eigenvalue weighted by Gasteiger charge is -2.37. The molecule has 1 aromatic carbocycles. The molecular weight excluding hydrogens is 231 g/mol. The van der Waals surface area contributed by atoms with Gasteiger partial charge in [0.25, 0.3) is 0 Å². The second-order valence-corrected chi connectivity index (χ2v) is 5.05. The Labute approximate surface area is 100 Å². The summed E-state index contributed by atoms with van der Waals surface area (Å²) in [5.41, 5.74) is -0.176. The number of aliphatic hydroxyl groups is 1. The SMILES string of the molecule is OC1(c2ccccc2Cl)CCCCC1Cl. The quantitative estimate of drug-likeness (QED) is 0.748. The second kappa shape index (κ2) is 4.32. The molecule has 0 aromatic heterocycles. The van der Waals surface area contributed by atoms with Gasteiger partial charge >= 0.3 is 0 Å². The first-order valence-electron chi connectivity index (χ1n) is 5.26. The first-order chi connectivity index (χ1) is 7.14. The van der Waals surface area contributed by atoms with Crippen LogP contribution in [-0.2, 0) is 5.60 Å². The van der Waals surface area contributed by atoms with Crippen LogP contribution in [0.5, 0.6) is 0 Å². The zero-order valence-electron chi connectivity index (χ0n) is 8.42. The van der Waals surface area contributed by atoms with Gasteiger partial charge in [-0.2, -0.15) is 0 Å². The predicted molar refractivity (Wildman–Crippen MR) is 63.5 cm³/mol. The Hall–Kier alpha value is -0.240. The number of halogens is 2. The van der Waals surface area contributed by atoms with E-state index >= 15 is 0 Å². The highest BCUT2D eigenvalue weighted by molar-refractivity contribution is 6.31. The number of hydrogen-bond donors (Lipinski definition) is 1. The summed E-state index contributed by atoms with van der Waals surface area (Å²) in [5, 5.41) is 10.9. The molecule has 2 atom stereocenters. The van der Waals surface area contributed by atoms with E-state index in [-0.39, 0.29) is 5.38 Å². The number of benzene rings is 1. The Morgan fingerprint density at radius 1 is 1.27 bits per heavy atom. The van der Waals surface area contributed by atoms with Crippen LogP contribution < -0.4 is 0 Å². The van der Waals surface area contributed by atoms with E-state index in [2.05, 4.69) is 0 Å². The Balaban J connectivity index is 2.39. The average Bonchev–Trinajstić information content (AvgIpc) is 2.23. The van der Waals surface area contributed by atoms with Gasteiger partial charge < -0.3 is 5.11 Å². The lowest BCUT2D eigenvalue weighted by molar-refractivity contribution is 0.00391. The fourth-order valence-electron chi connectivity index (χ4n) is 2.23. The Bertz CT molecular complexity index is 353. The molecular formula is C12H14Cl2O. The highest BCUT2D eigenvalue weighted by Gasteiger charge is 2.40. The van der Waals surface area contributed by atoms with Crippen LogP contribution in [0, 0.1) is 0 Å². The minimum atomic E-state index is -0.946. The minimum absolute atomic E-state index is 0.230. The largest absolute Gasteiger partial charge is 0.384 e. The average molecular weight is 245 g/mol. The van der Waals surface area contributed by atoms with E-state index in [0.29, 0.717) is 11.4 Å². The van der Waals surface area contributed by atoms with Crippen molar-refractivity contribution >= 4 is 23.2 Å². The van der Waals surface area contributed by atoms with E-state index in [9.17, 15) is 5.11 Å². The number of rotatable bonds is 1. The van der Waals surface area contributed by atoms with Gasteiger partial charge in [-0.15, -0.1) is 11.6 Å². The third-order valence-electron chi connectivity index (χ3n) is 3.12. The molecule has 1 aliphatic carbocycles. The van der Waals surface area contributed by atoms with Gasteiger partial charge in [0, 0.05) is 10.6 Å². The van der Waals surface area contributed by atoms with Crippen molar-refractivity contribution in [3.8, 4) is 0 Å². The summed E-state index contributed by atoms with van der Waals surface area (Å²) < 4.78 is 0. The molecule has 0 amide bonds. The Morgan fingerprint density at radius 2 is 2.00 bits per heavy atom. The number of hydrogen-bond acceptors (Lipinski definition) is 1. The lowest BCUT2D eigenvalue weighted by Crippen LogP contribution is -2.39. The molecule has 0 heterocycles. The van der Waals surface area contributed by atoms with E-state index in [0.717, 1.165) is 24.8 Å². The summed E-state index contributed by atoms with van der Waals surface area (Å²) in [6.07, 6.45) is 3.64. The zero-order valence-corrected chi connectivity index (χ0v) is 9.93. The lowest BCUT2D eigenvalue weighted by atomic mass is 9.79. The van der Waals surface area contributed by atoms with E-state index in [4.69, 9.17) is 23.2 Å². The van der Waals surface area contributed by atoms with Gasteiger partial charge in [-0.1, -0.05) is 42.6 Å². The smallest absolute Gasteiger partial charge is 0.107 e. The van der Waals surface area contributed by atoms with E-state index in [1.54, 1.807) is 6.07 Å². The molecule has 1 aromatic rings. The molecule has 0 radical (unpaired) electrons. The molecule has 1 N–H and O–H groups in total. The van der Waals surface area contributed by atoms with Crippen LogP contribution in [0.1, 0.15) is 31.2 Å². The molecule has 82 valence electrons. The van der Waals surface area contributed by atoms with Crippen molar-refractivity contribution in [2.45, 2.75) is 36.7 Å². The van der Waals surface area contributed by atoms with Crippen molar-refractivity contribution in [3.05, 3.63) is 34.9 Å². The highest BCUT2D eigenvalue weighted by Crippen LogP contribution is 2.42. The van der Waals surface area contributed by atoms with Crippen molar-refractivity contribution in [2.24, 2.45) is 0 Å². The molecule has 2 rings (SSSR count). The second-order valence-electron chi connectivity index (χ2n) is 4.12. The van der Waals surface area contributed by atoms with Crippen molar-refractivity contribution in [1.82, 2.24) is 0 Å². The normalized spacial score (nSPS) is 31.5. The Morgan fingerprint density at radius 3 is 2.67 bits per heavy atom. The van der Waals surface area contributed by atoms with Crippen molar-refractivity contribution in [2.75, 3.05) is 0 Å². The van der Waals surface area contributed by atoms with Crippen LogP contribution >= 0.6 is 23.2 Å². The first kappa shape index (κ1) is 11.3. The van der Waals surface area contributed by atoms with Gasteiger partial charge in [0.05, 0.1) is 5.38 Å². The van der Waals surface area contributed by atoms with Crippen LogP contribution in [0.15, 0.2) is 24.3 Å². The summed E-state index contributed by atoms with van der Waals surface area (Å²) in [6.45, 7) is 0. The summed E-state index contributed by atoms with van der Waals surface area (Å²) in [6, 6.07) is 7.41. The van der Waals surface area contributed by atoms with Gasteiger partial charge in [-0.3, -0.25) is 0 Å². The monoisotopic (exact) mass is 244 g/mol. The summed E-state index contributed by atoms with van der Waals surface area (Å²) in [4.78, 5) is 0. The standard InChI is InChI=1S/C12H14Cl2O/c13-10-6-2-1-5-9(10)12(15)8-4-3-7-11(12)14/h1-2,5-6,11,15H,3-4,7-8H2. The molecule has 0 saturated heterocycles. The van der Waals surface area contributed by atoms with Gasteiger partial charge in [0.15, 0.2) is 0 Å². The molecule has 1 fully saturated rings. The first-order valence-corrected chi connectivity index (χ1v) is 6.07. The van der Waals surface area contributed by atoms with Crippen molar-refractivity contribution < 1.29 is 5.11 Å². The van der Waals surface area contributed by atoms with Crippen molar-refractivity contribution in [3.63, 3.8) is 0 Å². The van der Waals surface area contributed by atoms with E-state index in [1.807, 2.05) is 18.2 Å². The summed E-state index contributed by atoms with van der Waals surface area (Å²) >= 11 is 12.3. The third-order valence-corrected chi connectivity index (χ3v) is 4.03. The van der Waals surface area contributed by atoms with E-state index < -0.39 is 5.60 Å². The predicted octanol–water partition coefficient (Wildman–Crippen LogP) is 3.71. The molecule has 3 heteroatoms. The highest BCUT2D eigenvalue weighted by atomic mass is 35.5. The summed E-state index contributed by atoms with van der Waals surface area (Å²) in [5.74, 6) is 0.